The van der Waals surface area contributed by atoms with Gasteiger partial charge in [0.15, 0.2) is 0 Å². The van der Waals surface area contributed by atoms with Crippen LogP contribution in [-0.2, 0) is 4.79 Å². The van der Waals surface area contributed by atoms with E-state index in [2.05, 4.69) is 20.7 Å². The standard InChI is InChI=1S/C13H15N5O/c19-13(7-15-10-1-2-10)17-11-3-5-12(6-4-11)18-9-14-8-16-18/h3-6,8-10,15H,1-2,7H2,(H,17,19). The Hall–Kier alpha value is -2.21. The lowest BCUT2D eigenvalue weighted by Gasteiger charge is -2.07. The normalized spacial score (nSPS) is 14.3. The van der Waals surface area contributed by atoms with Crippen LogP contribution in [0, 0.1) is 0 Å². The van der Waals surface area contributed by atoms with Crippen molar-refractivity contribution in [2.75, 3.05) is 11.9 Å². The van der Waals surface area contributed by atoms with E-state index in [0.717, 1.165) is 11.4 Å². The molecule has 1 amide bonds. The van der Waals surface area contributed by atoms with Crippen molar-refractivity contribution in [3.8, 4) is 5.69 Å². The second-order valence-corrected chi connectivity index (χ2v) is 4.59. The van der Waals surface area contributed by atoms with Crippen LogP contribution in [0.15, 0.2) is 36.9 Å². The maximum absolute atomic E-state index is 11.7. The number of carbonyl (C=O) groups excluding carboxylic acids is 1. The zero-order valence-electron chi connectivity index (χ0n) is 10.4. The van der Waals surface area contributed by atoms with Gasteiger partial charge in [0, 0.05) is 11.7 Å². The molecular weight excluding hydrogens is 242 g/mol. The summed E-state index contributed by atoms with van der Waals surface area (Å²) in [7, 11) is 0. The Bertz CT molecular complexity index is 545. The zero-order valence-corrected chi connectivity index (χ0v) is 10.4. The summed E-state index contributed by atoms with van der Waals surface area (Å²) in [5.41, 5.74) is 1.69. The van der Waals surface area contributed by atoms with Gasteiger partial charge in [-0.2, -0.15) is 5.10 Å². The van der Waals surface area contributed by atoms with Crippen molar-refractivity contribution < 1.29 is 4.79 Å². The molecule has 19 heavy (non-hydrogen) atoms. The van der Waals surface area contributed by atoms with E-state index in [4.69, 9.17) is 0 Å². The van der Waals surface area contributed by atoms with E-state index in [1.54, 1.807) is 11.0 Å². The highest BCUT2D eigenvalue weighted by Crippen LogP contribution is 2.18. The van der Waals surface area contributed by atoms with Crippen LogP contribution in [0.3, 0.4) is 0 Å². The lowest BCUT2D eigenvalue weighted by atomic mass is 10.3. The molecule has 1 aliphatic carbocycles. The molecule has 1 aliphatic rings. The van der Waals surface area contributed by atoms with Crippen molar-refractivity contribution in [1.82, 2.24) is 20.1 Å². The summed E-state index contributed by atoms with van der Waals surface area (Å²) in [5, 5.41) is 10.1. The topological polar surface area (TPSA) is 71.8 Å². The molecule has 6 nitrogen and oxygen atoms in total. The third-order valence-corrected chi connectivity index (χ3v) is 2.96. The third-order valence-electron chi connectivity index (χ3n) is 2.96. The van der Waals surface area contributed by atoms with E-state index in [1.807, 2.05) is 24.3 Å². The number of carbonyl (C=O) groups is 1. The van der Waals surface area contributed by atoms with Gasteiger partial charge in [-0.25, -0.2) is 9.67 Å². The van der Waals surface area contributed by atoms with E-state index in [1.165, 1.54) is 19.2 Å². The predicted molar refractivity (Wildman–Crippen MR) is 71.0 cm³/mol. The maximum atomic E-state index is 11.7. The van der Waals surface area contributed by atoms with Crippen molar-refractivity contribution in [2.45, 2.75) is 18.9 Å². The number of amides is 1. The molecule has 0 bridgehead atoms. The Kier molecular flexibility index (Phi) is 3.24. The van der Waals surface area contributed by atoms with Crippen molar-refractivity contribution in [1.29, 1.82) is 0 Å². The fourth-order valence-corrected chi connectivity index (χ4v) is 1.77. The minimum absolute atomic E-state index is 0.0135. The van der Waals surface area contributed by atoms with Crippen LogP contribution in [0.25, 0.3) is 5.69 Å². The number of anilines is 1. The molecule has 0 atom stereocenters. The third kappa shape index (κ3) is 3.17. The summed E-state index contributed by atoms with van der Waals surface area (Å²) >= 11 is 0. The Morgan fingerprint density at radius 2 is 2.11 bits per heavy atom. The Morgan fingerprint density at radius 1 is 1.32 bits per heavy atom. The molecule has 0 saturated heterocycles. The van der Waals surface area contributed by atoms with Crippen molar-refractivity contribution >= 4 is 11.6 Å². The van der Waals surface area contributed by atoms with Gasteiger partial charge in [-0.3, -0.25) is 4.79 Å². The van der Waals surface area contributed by atoms with Crippen molar-refractivity contribution in [3.05, 3.63) is 36.9 Å². The molecule has 1 fully saturated rings. The molecule has 1 heterocycles. The number of hydrogen-bond acceptors (Lipinski definition) is 4. The lowest BCUT2D eigenvalue weighted by Crippen LogP contribution is -2.29. The van der Waals surface area contributed by atoms with E-state index < -0.39 is 0 Å². The molecule has 2 aromatic rings. The second-order valence-electron chi connectivity index (χ2n) is 4.59. The molecule has 0 unspecified atom stereocenters. The van der Waals surface area contributed by atoms with E-state index >= 15 is 0 Å². The van der Waals surface area contributed by atoms with E-state index in [-0.39, 0.29) is 5.91 Å². The molecule has 0 aliphatic heterocycles. The number of rotatable bonds is 5. The van der Waals surface area contributed by atoms with Crippen LogP contribution < -0.4 is 10.6 Å². The largest absolute Gasteiger partial charge is 0.325 e. The fraction of sp³-hybridized carbons (Fsp3) is 0.308. The smallest absolute Gasteiger partial charge is 0.238 e. The van der Waals surface area contributed by atoms with E-state index in [0.29, 0.717) is 12.6 Å². The minimum atomic E-state index is -0.0135. The van der Waals surface area contributed by atoms with Crippen LogP contribution in [0.1, 0.15) is 12.8 Å². The number of aromatic nitrogens is 3. The highest BCUT2D eigenvalue weighted by molar-refractivity contribution is 5.92. The Morgan fingerprint density at radius 3 is 2.74 bits per heavy atom. The molecule has 2 N–H and O–H groups in total. The van der Waals surface area contributed by atoms with Gasteiger partial charge >= 0.3 is 0 Å². The van der Waals surface area contributed by atoms with Crippen LogP contribution in [0.5, 0.6) is 0 Å². The van der Waals surface area contributed by atoms with Gasteiger partial charge in [0.05, 0.1) is 12.2 Å². The molecule has 1 saturated carbocycles. The number of nitrogens with one attached hydrogen (secondary N) is 2. The van der Waals surface area contributed by atoms with E-state index in [9.17, 15) is 4.79 Å². The maximum Gasteiger partial charge on any atom is 0.238 e. The number of benzene rings is 1. The molecule has 1 aromatic heterocycles. The monoisotopic (exact) mass is 257 g/mol. The highest BCUT2D eigenvalue weighted by atomic mass is 16.1. The summed E-state index contributed by atoms with van der Waals surface area (Å²) in [6.07, 6.45) is 5.48. The first kappa shape index (κ1) is 11.9. The van der Waals surface area contributed by atoms with Crippen LogP contribution in [0.4, 0.5) is 5.69 Å². The Labute approximate surface area is 110 Å². The lowest BCUT2D eigenvalue weighted by molar-refractivity contribution is -0.115. The van der Waals surface area contributed by atoms with Gasteiger partial charge in [0.1, 0.15) is 12.7 Å². The molecular formula is C13H15N5O. The van der Waals surface area contributed by atoms with Crippen LogP contribution >= 0.6 is 0 Å². The summed E-state index contributed by atoms with van der Waals surface area (Å²) in [5.74, 6) is -0.0135. The number of nitrogens with zero attached hydrogens (tertiary/aromatic N) is 3. The first-order valence-corrected chi connectivity index (χ1v) is 6.29. The molecule has 6 heteroatoms. The quantitative estimate of drug-likeness (QED) is 0.836. The summed E-state index contributed by atoms with van der Waals surface area (Å²) in [6, 6.07) is 8.02. The van der Waals surface area contributed by atoms with Crippen molar-refractivity contribution in [3.63, 3.8) is 0 Å². The highest BCUT2D eigenvalue weighted by Gasteiger charge is 2.21. The van der Waals surface area contributed by atoms with Crippen molar-refractivity contribution in [2.24, 2.45) is 0 Å². The van der Waals surface area contributed by atoms with Gasteiger partial charge < -0.3 is 10.6 Å². The zero-order chi connectivity index (χ0) is 13.1. The predicted octanol–water partition coefficient (Wildman–Crippen LogP) is 0.958. The minimum Gasteiger partial charge on any atom is -0.325 e. The average Bonchev–Trinajstić information content (AvgIpc) is 3.10. The summed E-state index contributed by atoms with van der Waals surface area (Å²) in [4.78, 5) is 15.5. The molecule has 98 valence electrons. The molecule has 0 radical (unpaired) electrons. The first-order chi connectivity index (χ1) is 9.31. The van der Waals surface area contributed by atoms with Crippen LogP contribution in [0.2, 0.25) is 0 Å². The summed E-state index contributed by atoms with van der Waals surface area (Å²) < 4.78 is 1.67. The van der Waals surface area contributed by atoms with Gasteiger partial charge in [-0.05, 0) is 37.1 Å². The average molecular weight is 257 g/mol. The SMILES string of the molecule is O=C(CNC1CC1)Nc1ccc(-n2cncn2)cc1. The first-order valence-electron chi connectivity index (χ1n) is 6.29. The second kappa shape index (κ2) is 5.19. The van der Waals surface area contributed by atoms with Gasteiger partial charge in [0.2, 0.25) is 5.91 Å². The number of hydrogen-bond donors (Lipinski definition) is 2. The summed E-state index contributed by atoms with van der Waals surface area (Å²) in [6.45, 7) is 0.371. The molecule has 0 spiro atoms. The van der Waals surface area contributed by atoms with Gasteiger partial charge in [-0.1, -0.05) is 0 Å². The van der Waals surface area contributed by atoms with Gasteiger partial charge in [-0.15, -0.1) is 0 Å². The fourth-order valence-electron chi connectivity index (χ4n) is 1.77. The van der Waals surface area contributed by atoms with Gasteiger partial charge in [0.25, 0.3) is 0 Å². The van der Waals surface area contributed by atoms with Crippen LogP contribution in [-0.4, -0.2) is 33.3 Å². The Balaban J connectivity index is 1.57. The molecule has 3 rings (SSSR count). The molecule has 1 aromatic carbocycles.